The summed E-state index contributed by atoms with van der Waals surface area (Å²) in [4.78, 5) is 0.485. The van der Waals surface area contributed by atoms with Gasteiger partial charge in [-0.3, -0.25) is 0 Å². The van der Waals surface area contributed by atoms with Crippen molar-refractivity contribution in [2.45, 2.75) is 24.1 Å². The summed E-state index contributed by atoms with van der Waals surface area (Å²) >= 11 is 3.87. The molecule has 1 heterocycles. The molecule has 96 valence electrons. The Balaban J connectivity index is 1.87. The van der Waals surface area contributed by atoms with Gasteiger partial charge in [0.05, 0.1) is 0 Å². The average molecular weight is 315 g/mol. The maximum absolute atomic E-state index is 5.87. The molecule has 4 rings (SSSR count). The maximum Gasteiger partial charge on any atom is 0.135 e. The lowest BCUT2D eigenvalue weighted by atomic mass is 9.80. The lowest BCUT2D eigenvalue weighted by molar-refractivity contribution is 0.312. The molecule has 0 amide bonds. The van der Waals surface area contributed by atoms with Crippen molar-refractivity contribution in [3.05, 3.63) is 48.0 Å². The molecule has 0 spiro atoms. The Kier molecular flexibility index (Phi) is 2.66. The van der Waals surface area contributed by atoms with Crippen molar-refractivity contribution in [3.8, 4) is 0 Å². The number of rotatable bonds is 2. The summed E-state index contributed by atoms with van der Waals surface area (Å²) in [5, 5.41) is 2.45. The first-order valence-electron chi connectivity index (χ1n) is 6.88. The van der Waals surface area contributed by atoms with Gasteiger partial charge in [0, 0.05) is 15.6 Å². The zero-order valence-corrected chi connectivity index (χ0v) is 12.2. The summed E-state index contributed by atoms with van der Waals surface area (Å²) in [7, 11) is 0. The van der Waals surface area contributed by atoms with Crippen LogP contribution in [0.4, 0.5) is 0 Å². The van der Waals surface area contributed by atoms with Crippen molar-refractivity contribution in [2.24, 2.45) is 5.92 Å². The van der Waals surface area contributed by atoms with E-state index in [1.807, 2.05) is 12.1 Å². The smallest absolute Gasteiger partial charge is 0.135 e. The minimum atomic E-state index is 0.485. The van der Waals surface area contributed by atoms with E-state index in [0.717, 1.165) is 17.1 Å². The largest absolute Gasteiger partial charge is 0.456 e. The molecule has 1 aromatic heterocycles. The van der Waals surface area contributed by atoms with Crippen LogP contribution in [0.15, 0.2) is 46.9 Å². The monoisotopic (exact) mass is 314 g/mol. The van der Waals surface area contributed by atoms with Crippen LogP contribution in [0.5, 0.6) is 0 Å². The van der Waals surface area contributed by atoms with Gasteiger partial charge in [0.2, 0.25) is 0 Å². The van der Waals surface area contributed by atoms with Crippen LogP contribution in [0.1, 0.15) is 29.7 Å². The molecular formula is C17H15BrO. The molecule has 1 saturated carbocycles. The molecule has 0 saturated heterocycles. The second kappa shape index (κ2) is 4.38. The highest BCUT2D eigenvalue weighted by Gasteiger charge is 2.26. The molecule has 1 aliphatic carbocycles. The molecule has 0 bridgehead atoms. The van der Waals surface area contributed by atoms with Gasteiger partial charge in [-0.2, -0.15) is 0 Å². The molecule has 1 nitrogen and oxygen atoms in total. The van der Waals surface area contributed by atoms with Crippen molar-refractivity contribution in [2.75, 3.05) is 0 Å². The van der Waals surface area contributed by atoms with Gasteiger partial charge in [0.25, 0.3) is 0 Å². The van der Waals surface area contributed by atoms with E-state index in [1.54, 1.807) is 0 Å². The average Bonchev–Trinajstić information content (AvgIpc) is 2.74. The fourth-order valence-electron chi connectivity index (χ4n) is 2.92. The van der Waals surface area contributed by atoms with Crippen LogP contribution in [0.3, 0.4) is 0 Å². The standard InChI is InChI=1S/C17H15BrO/c18-17(11-4-3-5-11)12-8-9-16-14(10-12)13-6-1-2-7-15(13)19-16/h1-2,6-11,17H,3-5H2. The first kappa shape index (κ1) is 11.5. The summed E-state index contributed by atoms with van der Waals surface area (Å²) < 4.78 is 5.87. The zero-order valence-electron chi connectivity index (χ0n) is 10.6. The minimum absolute atomic E-state index is 0.485. The fraction of sp³-hybridized carbons (Fsp3) is 0.294. The summed E-state index contributed by atoms with van der Waals surface area (Å²) in [5.41, 5.74) is 3.34. The van der Waals surface area contributed by atoms with Gasteiger partial charge in [-0.05, 0) is 42.5 Å². The molecule has 0 aliphatic heterocycles. The molecular weight excluding hydrogens is 300 g/mol. The topological polar surface area (TPSA) is 13.1 Å². The Bertz CT molecular complexity index is 739. The highest BCUT2D eigenvalue weighted by Crippen LogP contribution is 2.44. The lowest BCUT2D eigenvalue weighted by Gasteiger charge is -2.30. The number of alkyl halides is 1. The molecule has 0 radical (unpaired) electrons. The summed E-state index contributed by atoms with van der Waals surface area (Å²) in [6.45, 7) is 0. The molecule has 0 N–H and O–H groups in total. The molecule has 19 heavy (non-hydrogen) atoms. The Hall–Kier alpha value is -1.28. The van der Waals surface area contributed by atoms with Gasteiger partial charge in [0.15, 0.2) is 0 Å². The van der Waals surface area contributed by atoms with E-state index in [-0.39, 0.29) is 0 Å². The third-order valence-corrected chi connectivity index (χ3v) is 5.56. The van der Waals surface area contributed by atoms with Crippen molar-refractivity contribution in [3.63, 3.8) is 0 Å². The van der Waals surface area contributed by atoms with Crippen LogP contribution in [-0.2, 0) is 0 Å². The van der Waals surface area contributed by atoms with E-state index < -0.39 is 0 Å². The van der Waals surface area contributed by atoms with Crippen molar-refractivity contribution in [1.29, 1.82) is 0 Å². The van der Waals surface area contributed by atoms with Crippen LogP contribution in [0, 0.1) is 5.92 Å². The van der Waals surface area contributed by atoms with Crippen LogP contribution in [-0.4, -0.2) is 0 Å². The SMILES string of the molecule is BrC(c1ccc2oc3ccccc3c2c1)C1CCC1. The van der Waals surface area contributed by atoms with E-state index in [2.05, 4.69) is 46.3 Å². The number of hydrogen-bond acceptors (Lipinski definition) is 1. The van der Waals surface area contributed by atoms with E-state index in [4.69, 9.17) is 4.42 Å². The highest BCUT2D eigenvalue weighted by molar-refractivity contribution is 9.09. The molecule has 1 aliphatic rings. The lowest BCUT2D eigenvalue weighted by Crippen LogP contribution is -2.16. The first-order chi connectivity index (χ1) is 9.33. The van der Waals surface area contributed by atoms with E-state index >= 15 is 0 Å². The molecule has 1 fully saturated rings. The number of benzene rings is 2. The molecule has 1 atom stereocenters. The van der Waals surface area contributed by atoms with Crippen molar-refractivity contribution < 1.29 is 4.42 Å². The number of hydrogen-bond donors (Lipinski definition) is 0. The Labute approximate surface area is 120 Å². The Morgan fingerprint density at radius 3 is 2.58 bits per heavy atom. The third-order valence-electron chi connectivity index (χ3n) is 4.28. The van der Waals surface area contributed by atoms with E-state index in [1.165, 1.54) is 35.6 Å². The van der Waals surface area contributed by atoms with Gasteiger partial charge in [0.1, 0.15) is 11.2 Å². The highest BCUT2D eigenvalue weighted by atomic mass is 79.9. The Morgan fingerprint density at radius 1 is 1.00 bits per heavy atom. The summed E-state index contributed by atoms with van der Waals surface area (Å²) in [5.74, 6) is 0.801. The number of furan rings is 1. The normalized spacial score (nSPS) is 17.7. The third kappa shape index (κ3) is 1.81. The maximum atomic E-state index is 5.87. The summed E-state index contributed by atoms with van der Waals surface area (Å²) in [6, 6.07) is 14.9. The predicted molar refractivity (Wildman–Crippen MR) is 82.7 cm³/mol. The molecule has 1 unspecified atom stereocenters. The number of fused-ring (bicyclic) bond motifs is 3. The quantitative estimate of drug-likeness (QED) is 0.543. The van der Waals surface area contributed by atoms with Crippen LogP contribution >= 0.6 is 15.9 Å². The van der Waals surface area contributed by atoms with Crippen LogP contribution in [0.2, 0.25) is 0 Å². The molecule has 2 heteroatoms. The predicted octanol–water partition coefficient (Wildman–Crippen LogP) is 5.82. The molecule has 2 aromatic carbocycles. The van der Waals surface area contributed by atoms with Crippen molar-refractivity contribution >= 4 is 37.9 Å². The Morgan fingerprint density at radius 2 is 1.79 bits per heavy atom. The molecule has 3 aromatic rings. The summed E-state index contributed by atoms with van der Waals surface area (Å²) in [6.07, 6.45) is 4.07. The first-order valence-corrected chi connectivity index (χ1v) is 7.80. The second-order valence-corrected chi connectivity index (χ2v) is 6.43. The van der Waals surface area contributed by atoms with Gasteiger partial charge in [-0.15, -0.1) is 0 Å². The minimum Gasteiger partial charge on any atom is -0.456 e. The number of halogens is 1. The van der Waals surface area contributed by atoms with Gasteiger partial charge >= 0.3 is 0 Å². The van der Waals surface area contributed by atoms with Crippen LogP contribution < -0.4 is 0 Å². The van der Waals surface area contributed by atoms with Gasteiger partial charge in [-0.25, -0.2) is 0 Å². The van der Waals surface area contributed by atoms with E-state index in [0.29, 0.717) is 4.83 Å². The van der Waals surface area contributed by atoms with Crippen LogP contribution in [0.25, 0.3) is 21.9 Å². The van der Waals surface area contributed by atoms with Gasteiger partial charge in [-0.1, -0.05) is 46.6 Å². The second-order valence-electron chi connectivity index (χ2n) is 5.45. The zero-order chi connectivity index (χ0) is 12.8. The van der Waals surface area contributed by atoms with E-state index in [9.17, 15) is 0 Å². The van der Waals surface area contributed by atoms with Crippen molar-refractivity contribution in [1.82, 2.24) is 0 Å². The van der Waals surface area contributed by atoms with Gasteiger partial charge < -0.3 is 4.42 Å². The number of para-hydroxylation sites is 1. The fourth-order valence-corrected chi connectivity index (χ4v) is 3.73.